The van der Waals surface area contributed by atoms with Gasteiger partial charge in [-0.2, -0.15) is 0 Å². The van der Waals surface area contributed by atoms with E-state index in [1.807, 2.05) is 24.3 Å². The first-order valence-electron chi connectivity index (χ1n) is 4.98. The lowest BCUT2D eigenvalue weighted by Crippen LogP contribution is -2.10. The second-order valence-corrected chi connectivity index (χ2v) is 4.80. The number of aliphatic imine (C=N–C) groups is 1. The molecule has 2 rings (SSSR count). The first kappa shape index (κ1) is 12.7. The number of nitrogen functional groups attached to an aromatic ring is 1. The van der Waals surface area contributed by atoms with Gasteiger partial charge in [-0.15, -0.1) is 0 Å². The minimum atomic E-state index is -0.412. The summed E-state index contributed by atoms with van der Waals surface area (Å²) < 4.78 is 1.15. The number of aromatic amines is 2. The molecule has 7 heteroatoms. The van der Waals surface area contributed by atoms with Crippen molar-refractivity contribution >= 4 is 45.9 Å². The average Bonchev–Trinajstić information content (AvgIpc) is 2.30. The second-order valence-electron chi connectivity index (χ2n) is 3.48. The van der Waals surface area contributed by atoms with E-state index in [0.29, 0.717) is 0 Å². The van der Waals surface area contributed by atoms with Crippen molar-refractivity contribution in [2.45, 2.75) is 0 Å². The fraction of sp³-hybridized carbons (Fsp3) is 0. The van der Waals surface area contributed by atoms with E-state index in [1.54, 1.807) is 6.21 Å². The molecule has 1 aromatic heterocycles. The molecule has 0 amide bonds. The Hall–Kier alpha value is -1.73. The number of hydrogen-bond acceptors (Lipinski definition) is 4. The standard InChI is InChI=1S/C11H9BrN4OS/c12-7-3-1-6(2-4-7)5-14-8-9(13)15-11(18)16-10(8)17/h1-5H,(H4,13,15,16,17,18). The molecule has 0 spiro atoms. The summed E-state index contributed by atoms with van der Waals surface area (Å²) in [7, 11) is 0. The van der Waals surface area contributed by atoms with Crippen LogP contribution < -0.4 is 11.3 Å². The Balaban J connectivity index is 2.38. The summed E-state index contributed by atoms with van der Waals surface area (Å²) in [6, 6.07) is 7.49. The molecular formula is C11H9BrN4OS. The van der Waals surface area contributed by atoms with Crippen LogP contribution in [-0.2, 0) is 0 Å². The number of aromatic nitrogens is 2. The van der Waals surface area contributed by atoms with Crippen LogP contribution in [0.15, 0.2) is 38.5 Å². The van der Waals surface area contributed by atoms with E-state index in [1.165, 1.54) is 0 Å². The van der Waals surface area contributed by atoms with Crippen molar-refractivity contribution in [1.29, 1.82) is 0 Å². The molecular weight excluding hydrogens is 316 g/mol. The molecule has 4 N–H and O–H groups in total. The number of halogens is 1. The summed E-state index contributed by atoms with van der Waals surface area (Å²) in [5.41, 5.74) is 6.21. The van der Waals surface area contributed by atoms with Gasteiger partial charge in [0.15, 0.2) is 10.5 Å². The van der Waals surface area contributed by atoms with Crippen LogP contribution in [0.4, 0.5) is 11.5 Å². The molecule has 18 heavy (non-hydrogen) atoms. The van der Waals surface area contributed by atoms with Crippen molar-refractivity contribution < 1.29 is 0 Å². The Morgan fingerprint density at radius 2 is 1.94 bits per heavy atom. The molecule has 0 aliphatic rings. The number of nitrogens with zero attached hydrogens (tertiary/aromatic N) is 1. The normalized spacial score (nSPS) is 10.9. The molecule has 92 valence electrons. The van der Waals surface area contributed by atoms with Gasteiger partial charge in [-0.3, -0.25) is 9.78 Å². The van der Waals surface area contributed by atoms with Crippen LogP contribution in [-0.4, -0.2) is 16.2 Å². The molecule has 0 bridgehead atoms. The lowest BCUT2D eigenvalue weighted by atomic mass is 10.2. The molecule has 0 aliphatic heterocycles. The highest BCUT2D eigenvalue weighted by atomic mass is 79.9. The quantitative estimate of drug-likeness (QED) is 0.586. The largest absolute Gasteiger partial charge is 0.383 e. The molecule has 1 aromatic carbocycles. The first-order valence-corrected chi connectivity index (χ1v) is 6.18. The van der Waals surface area contributed by atoms with Crippen LogP contribution >= 0.6 is 28.1 Å². The lowest BCUT2D eigenvalue weighted by molar-refractivity contribution is 1.09. The Morgan fingerprint density at radius 1 is 1.28 bits per heavy atom. The van der Waals surface area contributed by atoms with Gasteiger partial charge in [0.2, 0.25) is 0 Å². The minimum absolute atomic E-state index is 0.117. The summed E-state index contributed by atoms with van der Waals surface area (Å²) in [6.45, 7) is 0. The predicted molar refractivity (Wildman–Crippen MR) is 78.1 cm³/mol. The molecule has 0 aliphatic carbocycles. The fourth-order valence-corrected chi connectivity index (χ4v) is 1.78. The van der Waals surface area contributed by atoms with E-state index < -0.39 is 5.56 Å². The fourth-order valence-electron chi connectivity index (χ4n) is 1.31. The van der Waals surface area contributed by atoms with Gasteiger partial charge in [-0.25, -0.2) is 4.99 Å². The SMILES string of the molecule is Nc1[nH]c(=S)[nH]c(=O)c1N=Cc1ccc(Br)cc1. The number of nitrogens with two attached hydrogens (primary N) is 1. The average molecular weight is 325 g/mol. The predicted octanol–water partition coefficient (Wildman–Crippen LogP) is 2.53. The highest BCUT2D eigenvalue weighted by Gasteiger charge is 2.02. The monoisotopic (exact) mass is 324 g/mol. The zero-order valence-corrected chi connectivity index (χ0v) is 11.5. The molecule has 0 saturated carbocycles. The van der Waals surface area contributed by atoms with Gasteiger partial charge in [0, 0.05) is 10.7 Å². The van der Waals surface area contributed by atoms with E-state index >= 15 is 0 Å². The number of H-pyrrole nitrogens is 2. The van der Waals surface area contributed by atoms with Gasteiger partial charge in [-0.1, -0.05) is 28.1 Å². The third-order valence-corrected chi connectivity index (χ3v) is 2.89. The summed E-state index contributed by atoms with van der Waals surface area (Å²) in [4.78, 5) is 20.7. The van der Waals surface area contributed by atoms with Crippen LogP contribution in [0.2, 0.25) is 0 Å². The molecule has 5 nitrogen and oxygen atoms in total. The van der Waals surface area contributed by atoms with E-state index in [4.69, 9.17) is 18.0 Å². The van der Waals surface area contributed by atoms with Crippen LogP contribution in [0.25, 0.3) is 0 Å². The maximum absolute atomic E-state index is 11.6. The zero-order valence-electron chi connectivity index (χ0n) is 9.11. The van der Waals surface area contributed by atoms with Gasteiger partial charge < -0.3 is 10.7 Å². The van der Waals surface area contributed by atoms with Crippen LogP contribution in [0, 0.1) is 4.77 Å². The lowest BCUT2D eigenvalue weighted by Gasteiger charge is -1.98. The Labute approximate surface area is 116 Å². The number of nitrogens with one attached hydrogen (secondary N) is 2. The number of benzene rings is 1. The maximum atomic E-state index is 11.6. The molecule has 0 radical (unpaired) electrons. The van der Waals surface area contributed by atoms with Gasteiger partial charge in [-0.05, 0) is 29.9 Å². The molecule has 2 aromatic rings. The number of hydrogen-bond donors (Lipinski definition) is 3. The van der Waals surface area contributed by atoms with Crippen LogP contribution in [0.1, 0.15) is 5.56 Å². The summed E-state index contributed by atoms with van der Waals surface area (Å²) in [5, 5.41) is 0. The summed E-state index contributed by atoms with van der Waals surface area (Å²) in [5.74, 6) is 0.150. The van der Waals surface area contributed by atoms with Gasteiger partial charge >= 0.3 is 0 Å². The molecule has 0 saturated heterocycles. The first-order chi connectivity index (χ1) is 8.56. The van der Waals surface area contributed by atoms with Crippen molar-refractivity contribution in [3.05, 3.63) is 49.4 Å². The Kier molecular flexibility index (Phi) is 3.73. The molecule has 1 heterocycles. The Bertz CT molecular complexity index is 702. The van der Waals surface area contributed by atoms with Crippen molar-refractivity contribution in [2.24, 2.45) is 4.99 Å². The van der Waals surface area contributed by atoms with Crippen molar-refractivity contribution in [1.82, 2.24) is 9.97 Å². The van der Waals surface area contributed by atoms with Crippen LogP contribution in [0.5, 0.6) is 0 Å². The topological polar surface area (TPSA) is 87.0 Å². The number of rotatable bonds is 2. The van der Waals surface area contributed by atoms with Crippen molar-refractivity contribution in [3.8, 4) is 0 Å². The summed E-state index contributed by atoms with van der Waals surface area (Å²) in [6.07, 6.45) is 1.56. The highest BCUT2D eigenvalue weighted by Crippen LogP contribution is 2.13. The van der Waals surface area contributed by atoms with Crippen molar-refractivity contribution in [2.75, 3.05) is 5.73 Å². The summed E-state index contributed by atoms with van der Waals surface area (Å²) >= 11 is 8.13. The second kappa shape index (κ2) is 5.28. The van der Waals surface area contributed by atoms with Gasteiger partial charge in [0.05, 0.1) is 0 Å². The van der Waals surface area contributed by atoms with Gasteiger partial charge in [0.25, 0.3) is 5.56 Å². The zero-order chi connectivity index (χ0) is 13.1. The third-order valence-electron chi connectivity index (χ3n) is 2.16. The van der Waals surface area contributed by atoms with Crippen molar-refractivity contribution in [3.63, 3.8) is 0 Å². The minimum Gasteiger partial charge on any atom is -0.383 e. The van der Waals surface area contributed by atoms with Crippen LogP contribution in [0.3, 0.4) is 0 Å². The van der Waals surface area contributed by atoms with E-state index in [2.05, 4.69) is 30.9 Å². The van der Waals surface area contributed by atoms with E-state index in [9.17, 15) is 4.79 Å². The third kappa shape index (κ3) is 2.93. The van der Waals surface area contributed by atoms with Gasteiger partial charge in [0.1, 0.15) is 5.82 Å². The Morgan fingerprint density at radius 3 is 2.56 bits per heavy atom. The smallest absolute Gasteiger partial charge is 0.279 e. The molecule has 0 unspecified atom stereocenters. The van der Waals surface area contributed by atoms with E-state index in [0.717, 1.165) is 10.0 Å². The molecule has 0 atom stereocenters. The highest BCUT2D eigenvalue weighted by molar-refractivity contribution is 9.10. The molecule has 0 fully saturated rings. The number of anilines is 1. The van der Waals surface area contributed by atoms with E-state index in [-0.39, 0.29) is 16.3 Å². The maximum Gasteiger partial charge on any atom is 0.279 e.